The monoisotopic (exact) mass is 476 g/mol. The first kappa shape index (κ1) is 24.5. The van der Waals surface area contributed by atoms with Crippen LogP contribution in [0.2, 0.25) is 0 Å². The highest BCUT2D eigenvalue weighted by Crippen LogP contribution is 2.69. The molecule has 34 heavy (non-hydrogen) atoms. The van der Waals surface area contributed by atoms with Crippen LogP contribution in [0.1, 0.15) is 84.9 Å². The van der Waals surface area contributed by atoms with E-state index in [9.17, 15) is 20.1 Å². The lowest BCUT2D eigenvalue weighted by atomic mass is 9.41. The third-order valence-corrected chi connectivity index (χ3v) is 11.6. The van der Waals surface area contributed by atoms with Gasteiger partial charge in [0.2, 0.25) is 0 Å². The molecule has 4 aliphatic rings. The number of aliphatic hydroxyl groups excluding tert-OH is 3. The first-order valence-electron chi connectivity index (χ1n) is 13.7. The summed E-state index contributed by atoms with van der Waals surface area (Å²) in [6, 6.07) is 0. The number of aryl methyl sites for hydroxylation is 1. The second-order valence-electron chi connectivity index (χ2n) is 12.7. The van der Waals surface area contributed by atoms with Crippen LogP contribution in [-0.2, 0) is 6.42 Å². The summed E-state index contributed by atoms with van der Waals surface area (Å²) in [5.41, 5.74) is -0.136. The van der Waals surface area contributed by atoms with E-state index in [1.54, 1.807) is 0 Å². The fraction of sp³-hybridized carbons (Fsp3) is 0.926. The molecular weight excluding hydrogens is 432 g/mol. The van der Waals surface area contributed by atoms with Gasteiger partial charge in [0.15, 0.2) is 0 Å². The number of nitrogens with one attached hydrogen (secondary N) is 1. The van der Waals surface area contributed by atoms with Gasteiger partial charge in [-0.05, 0) is 97.2 Å². The molecule has 1 aromatic rings. The Hall–Kier alpha value is -1.18. The number of hydrogen-bond acceptors (Lipinski definition) is 6. The second kappa shape index (κ2) is 8.74. The minimum atomic E-state index is -0.580. The zero-order valence-corrected chi connectivity index (χ0v) is 21.2. The molecule has 1 aromatic heterocycles. The van der Waals surface area contributed by atoms with E-state index < -0.39 is 5.76 Å². The molecule has 4 fully saturated rings. The summed E-state index contributed by atoms with van der Waals surface area (Å²) >= 11 is 0. The van der Waals surface area contributed by atoms with E-state index in [1.807, 2.05) is 0 Å². The maximum Gasteiger partial charge on any atom is 0.459 e. The van der Waals surface area contributed by atoms with E-state index in [-0.39, 0.29) is 41.0 Å². The molecular formula is C27H44N2O5. The van der Waals surface area contributed by atoms with Crippen LogP contribution >= 0.6 is 0 Å². The lowest BCUT2D eigenvalue weighted by molar-refractivity contribution is -0.228. The molecule has 192 valence electrons. The highest BCUT2D eigenvalue weighted by molar-refractivity contribution is 5.15. The minimum Gasteiger partial charge on any atom is -0.393 e. The van der Waals surface area contributed by atoms with Crippen molar-refractivity contribution >= 4 is 0 Å². The molecule has 12 atom stereocenters. The Morgan fingerprint density at radius 1 is 1.12 bits per heavy atom. The largest absolute Gasteiger partial charge is 0.459 e. The van der Waals surface area contributed by atoms with Crippen molar-refractivity contribution in [2.24, 2.45) is 52.3 Å². The number of H-pyrrole nitrogens is 1. The first-order valence-corrected chi connectivity index (χ1v) is 13.7. The van der Waals surface area contributed by atoms with Crippen molar-refractivity contribution in [1.82, 2.24) is 10.1 Å². The van der Waals surface area contributed by atoms with Crippen LogP contribution in [-0.4, -0.2) is 43.8 Å². The molecule has 7 heteroatoms. The van der Waals surface area contributed by atoms with Gasteiger partial charge in [-0.3, -0.25) is 0 Å². The molecule has 4 aliphatic carbocycles. The van der Waals surface area contributed by atoms with Gasteiger partial charge < -0.3 is 19.8 Å². The van der Waals surface area contributed by atoms with Crippen molar-refractivity contribution in [3.05, 3.63) is 16.4 Å². The van der Waals surface area contributed by atoms with Gasteiger partial charge in [0.05, 0.1) is 18.3 Å². The number of nitrogens with zero attached hydrogens (tertiary/aromatic N) is 1. The number of aromatic nitrogens is 2. The van der Waals surface area contributed by atoms with Crippen molar-refractivity contribution in [3.63, 3.8) is 0 Å². The smallest absolute Gasteiger partial charge is 0.393 e. The van der Waals surface area contributed by atoms with E-state index in [2.05, 4.69) is 37.8 Å². The highest BCUT2D eigenvalue weighted by Gasteiger charge is 2.67. The summed E-state index contributed by atoms with van der Waals surface area (Å²) in [4.78, 5) is 15.1. The zero-order chi connectivity index (χ0) is 24.4. The van der Waals surface area contributed by atoms with Gasteiger partial charge in [0, 0.05) is 6.42 Å². The molecule has 0 aliphatic heterocycles. The van der Waals surface area contributed by atoms with E-state index in [4.69, 9.17) is 4.52 Å². The molecule has 0 bridgehead atoms. The Balaban J connectivity index is 1.41. The average Bonchev–Trinajstić information content (AvgIpc) is 3.38. The standard InChI is InChI=1S/C27H44N2O5/c1-5-16-19-12-15(30)10-11-26(19,3)20-13-21(31)27(4)17(7-8-18(27)23(20)24(16)32)14(2)6-9-22-28-25(33)34-29-22/h14-21,23-24,30-32H,5-13H2,1-4H3,(H,28,29,33)/t14-,15-,16-,17-,18?,19+,20?,21+,23?,24-,26+,27-/m1/s1. The second-order valence-corrected chi connectivity index (χ2v) is 12.7. The summed E-state index contributed by atoms with van der Waals surface area (Å²) in [5.74, 6) is 2.15. The van der Waals surface area contributed by atoms with Crippen molar-refractivity contribution in [1.29, 1.82) is 0 Å². The maximum atomic E-state index is 11.8. The number of fused-ring (bicyclic) bond motifs is 5. The Kier molecular flexibility index (Phi) is 6.30. The first-order chi connectivity index (χ1) is 16.1. The van der Waals surface area contributed by atoms with Crippen LogP contribution in [0.4, 0.5) is 0 Å². The van der Waals surface area contributed by atoms with E-state index in [0.29, 0.717) is 41.8 Å². The molecule has 3 unspecified atom stereocenters. The molecule has 0 aromatic carbocycles. The topological polar surface area (TPSA) is 120 Å². The lowest BCUT2D eigenvalue weighted by Gasteiger charge is -2.65. The molecule has 7 nitrogen and oxygen atoms in total. The molecule has 0 radical (unpaired) electrons. The van der Waals surface area contributed by atoms with Gasteiger partial charge in [-0.15, -0.1) is 0 Å². The van der Waals surface area contributed by atoms with Crippen molar-refractivity contribution in [2.75, 3.05) is 0 Å². The molecule has 1 heterocycles. The zero-order valence-electron chi connectivity index (χ0n) is 21.2. The van der Waals surface area contributed by atoms with Gasteiger partial charge >= 0.3 is 5.76 Å². The van der Waals surface area contributed by atoms with Crippen LogP contribution in [0.25, 0.3) is 0 Å². The van der Waals surface area contributed by atoms with E-state index >= 15 is 0 Å². The van der Waals surface area contributed by atoms with Crippen molar-refractivity contribution < 1.29 is 19.8 Å². The molecule has 0 spiro atoms. The summed E-state index contributed by atoms with van der Waals surface area (Å²) in [5, 5.41) is 36.6. The van der Waals surface area contributed by atoms with Crippen LogP contribution < -0.4 is 5.76 Å². The van der Waals surface area contributed by atoms with Gasteiger partial charge in [-0.25, -0.2) is 9.95 Å². The number of rotatable bonds is 5. The van der Waals surface area contributed by atoms with Crippen LogP contribution in [0.5, 0.6) is 0 Å². The van der Waals surface area contributed by atoms with E-state index in [0.717, 1.165) is 51.4 Å². The molecule has 0 saturated heterocycles. The van der Waals surface area contributed by atoms with Crippen molar-refractivity contribution in [2.45, 2.75) is 104 Å². The Morgan fingerprint density at radius 3 is 2.56 bits per heavy atom. The predicted octanol–water partition coefficient (Wildman–Crippen LogP) is 3.53. The van der Waals surface area contributed by atoms with Crippen LogP contribution in [0.15, 0.2) is 9.32 Å². The van der Waals surface area contributed by atoms with Gasteiger partial charge in [-0.1, -0.05) is 34.1 Å². The van der Waals surface area contributed by atoms with Crippen molar-refractivity contribution in [3.8, 4) is 0 Å². The fourth-order valence-electron chi connectivity index (χ4n) is 9.82. The third-order valence-electron chi connectivity index (χ3n) is 11.6. The maximum absolute atomic E-state index is 11.8. The van der Waals surface area contributed by atoms with Gasteiger partial charge in [0.1, 0.15) is 5.82 Å². The number of aliphatic hydroxyl groups is 3. The van der Waals surface area contributed by atoms with Gasteiger partial charge in [0.25, 0.3) is 0 Å². The summed E-state index contributed by atoms with van der Waals surface area (Å²) in [6.07, 6.45) is 7.00. The SMILES string of the molecule is CC[C@H]1[C@@H](O)C2C3CC[C@H]([C@H](C)CCc4nc(=O)o[nH]4)[C@@]3(C)[C@@H](O)CC2[C@@]2(C)CC[C@@H](O)C[C@@H]12. The number of hydrogen-bond donors (Lipinski definition) is 4. The molecule has 4 N–H and O–H groups in total. The lowest BCUT2D eigenvalue weighted by Crippen LogP contribution is -2.65. The number of aromatic amines is 1. The Labute approximate surface area is 202 Å². The van der Waals surface area contributed by atoms with Crippen LogP contribution in [0, 0.1) is 52.3 Å². The third kappa shape index (κ3) is 3.55. The summed E-state index contributed by atoms with van der Waals surface area (Å²) in [7, 11) is 0. The predicted molar refractivity (Wildman–Crippen MR) is 128 cm³/mol. The summed E-state index contributed by atoms with van der Waals surface area (Å²) < 4.78 is 4.72. The highest BCUT2D eigenvalue weighted by atomic mass is 16.5. The Morgan fingerprint density at radius 2 is 1.88 bits per heavy atom. The minimum absolute atomic E-state index is 0.0780. The Bertz CT molecular complexity index is 930. The normalized spacial score (nSPS) is 49.2. The molecule has 4 saturated carbocycles. The van der Waals surface area contributed by atoms with Crippen LogP contribution in [0.3, 0.4) is 0 Å². The van der Waals surface area contributed by atoms with E-state index in [1.165, 1.54) is 0 Å². The summed E-state index contributed by atoms with van der Waals surface area (Å²) in [6.45, 7) is 9.15. The molecule has 0 amide bonds. The molecule has 5 rings (SSSR count). The van der Waals surface area contributed by atoms with Gasteiger partial charge in [-0.2, -0.15) is 4.98 Å². The fourth-order valence-corrected chi connectivity index (χ4v) is 9.82. The average molecular weight is 477 g/mol. The quantitative estimate of drug-likeness (QED) is 0.516.